The summed E-state index contributed by atoms with van der Waals surface area (Å²) in [6.45, 7) is 0. The molecule has 5 nitrogen and oxygen atoms in total. The molecule has 2 aromatic carbocycles. The third kappa shape index (κ3) is 3.33. The summed E-state index contributed by atoms with van der Waals surface area (Å²) in [6, 6.07) is 14.5. The lowest BCUT2D eigenvalue weighted by molar-refractivity contribution is -0.122. The normalized spacial score (nSPS) is 22.3. The van der Waals surface area contributed by atoms with Gasteiger partial charge in [0, 0.05) is 30.0 Å². The minimum Gasteiger partial charge on any atom is -0.508 e. The van der Waals surface area contributed by atoms with E-state index in [1.165, 1.54) is 0 Å². The van der Waals surface area contributed by atoms with E-state index < -0.39 is 0 Å². The van der Waals surface area contributed by atoms with E-state index in [9.17, 15) is 14.7 Å². The summed E-state index contributed by atoms with van der Waals surface area (Å²) in [5, 5.41) is 12.5. The van der Waals surface area contributed by atoms with Gasteiger partial charge in [0.15, 0.2) is 5.78 Å². The van der Waals surface area contributed by atoms with Gasteiger partial charge in [0.2, 0.25) is 5.91 Å². The zero-order valence-corrected chi connectivity index (χ0v) is 15.1. The number of ketones is 1. The van der Waals surface area contributed by atoms with Crippen molar-refractivity contribution in [3.8, 4) is 11.5 Å². The van der Waals surface area contributed by atoms with Crippen molar-refractivity contribution in [1.29, 1.82) is 0 Å². The van der Waals surface area contributed by atoms with Crippen molar-refractivity contribution in [3.05, 3.63) is 70.9 Å². The number of nitrogens with one attached hydrogen (secondary N) is 1. The lowest BCUT2D eigenvalue weighted by Gasteiger charge is -2.34. The smallest absolute Gasteiger partial charge is 0.225 e. The molecule has 0 bridgehead atoms. The first-order valence-electron chi connectivity index (χ1n) is 9.04. The van der Waals surface area contributed by atoms with Crippen molar-refractivity contribution in [1.82, 2.24) is 5.32 Å². The lowest BCUT2D eigenvalue weighted by atomic mass is 9.73. The molecule has 1 aliphatic carbocycles. The largest absolute Gasteiger partial charge is 0.508 e. The lowest BCUT2D eigenvalue weighted by Crippen LogP contribution is -2.38. The zero-order chi connectivity index (χ0) is 19.0. The van der Waals surface area contributed by atoms with E-state index in [4.69, 9.17) is 4.74 Å². The maximum absolute atomic E-state index is 13.0. The molecule has 1 amide bonds. The first-order valence-corrected chi connectivity index (χ1v) is 9.04. The van der Waals surface area contributed by atoms with Crippen molar-refractivity contribution in [2.24, 2.45) is 0 Å². The number of phenols is 1. The van der Waals surface area contributed by atoms with E-state index >= 15 is 0 Å². The van der Waals surface area contributed by atoms with Crippen LogP contribution in [0.2, 0.25) is 0 Å². The Labute approximate surface area is 157 Å². The van der Waals surface area contributed by atoms with Crippen molar-refractivity contribution < 1.29 is 19.4 Å². The van der Waals surface area contributed by atoms with E-state index in [1.807, 2.05) is 24.3 Å². The number of aromatic hydroxyl groups is 1. The highest BCUT2D eigenvalue weighted by atomic mass is 16.5. The number of carbonyl (C=O) groups excluding carboxylic acids is 2. The molecule has 0 aromatic heterocycles. The van der Waals surface area contributed by atoms with E-state index in [2.05, 4.69) is 5.32 Å². The number of carbonyl (C=O) groups is 2. The Hall–Kier alpha value is -3.08. The summed E-state index contributed by atoms with van der Waals surface area (Å²) in [5.74, 6) is 0.742. The van der Waals surface area contributed by atoms with E-state index in [1.54, 1.807) is 31.4 Å². The molecule has 0 saturated carbocycles. The van der Waals surface area contributed by atoms with Crippen molar-refractivity contribution >= 4 is 11.7 Å². The summed E-state index contributed by atoms with van der Waals surface area (Å²) < 4.78 is 5.20. The molecule has 2 N–H and O–H groups in total. The quantitative estimate of drug-likeness (QED) is 0.876. The molecular weight excluding hydrogens is 342 g/mol. The van der Waals surface area contributed by atoms with Crippen molar-refractivity contribution in [2.45, 2.75) is 31.1 Å². The molecule has 0 saturated heterocycles. The number of ether oxygens (including phenoxy) is 1. The predicted octanol–water partition coefficient (Wildman–Crippen LogP) is 3.41. The molecule has 0 spiro atoms. The van der Waals surface area contributed by atoms with Crippen LogP contribution in [-0.4, -0.2) is 23.9 Å². The fraction of sp³-hybridized carbons (Fsp3) is 0.273. The molecule has 2 aromatic rings. The molecule has 4 rings (SSSR count). The highest BCUT2D eigenvalue weighted by Gasteiger charge is 2.38. The van der Waals surface area contributed by atoms with Crippen LogP contribution in [0.15, 0.2) is 59.8 Å². The standard InChI is InChI=1S/C22H21NO4/c1-27-17-8-4-13(5-9-17)15-10-19-22(20(25)11-15)18(12-21(26)23-19)14-2-6-16(24)7-3-14/h2-9,15,18,24H,10-12H2,1H3,(H,23,26)/t15-,18+/m1/s1. The summed E-state index contributed by atoms with van der Waals surface area (Å²) in [7, 11) is 1.62. The number of allylic oxidation sites excluding steroid dienone is 2. The van der Waals surface area contributed by atoms with Gasteiger partial charge in [-0.1, -0.05) is 24.3 Å². The van der Waals surface area contributed by atoms with E-state index in [0.717, 1.165) is 22.6 Å². The molecule has 0 radical (unpaired) electrons. The number of phenolic OH excluding ortho intramolecular Hbond substituents is 1. The summed E-state index contributed by atoms with van der Waals surface area (Å²) in [5.41, 5.74) is 3.40. The van der Waals surface area contributed by atoms with Crippen LogP contribution < -0.4 is 10.1 Å². The van der Waals surface area contributed by atoms with Gasteiger partial charge in [0.05, 0.1) is 7.11 Å². The molecule has 2 atom stereocenters. The average molecular weight is 363 g/mol. The maximum atomic E-state index is 13.0. The summed E-state index contributed by atoms with van der Waals surface area (Å²) in [6.07, 6.45) is 1.31. The molecule has 138 valence electrons. The Morgan fingerprint density at radius 2 is 1.59 bits per heavy atom. The Kier molecular flexibility index (Phi) is 4.44. The third-order valence-corrected chi connectivity index (χ3v) is 5.42. The number of rotatable bonds is 3. The Bertz CT molecular complexity index is 912. The van der Waals surface area contributed by atoms with Gasteiger partial charge >= 0.3 is 0 Å². The van der Waals surface area contributed by atoms with Crippen molar-refractivity contribution in [2.75, 3.05) is 7.11 Å². The van der Waals surface area contributed by atoms with Crippen LogP contribution in [0.1, 0.15) is 42.2 Å². The predicted molar refractivity (Wildman–Crippen MR) is 101 cm³/mol. The minimum absolute atomic E-state index is 0.0426. The number of benzene rings is 2. The highest BCUT2D eigenvalue weighted by Crippen LogP contribution is 2.42. The third-order valence-electron chi connectivity index (χ3n) is 5.42. The molecule has 2 aliphatic rings. The van der Waals surface area contributed by atoms with Gasteiger partial charge in [-0.15, -0.1) is 0 Å². The molecule has 27 heavy (non-hydrogen) atoms. The fourth-order valence-corrected chi connectivity index (χ4v) is 4.06. The van der Waals surface area contributed by atoms with Crippen molar-refractivity contribution in [3.63, 3.8) is 0 Å². The van der Waals surface area contributed by atoms with Gasteiger partial charge in [0.25, 0.3) is 0 Å². The number of methoxy groups -OCH3 is 1. The summed E-state index contributed by atoms with van der Waals surface area (Å²) >= 11 is 0. The van der Waals surface area contributed by atoms with Gasteiger partial charge in [-0.25, -0.2) is 0 Å². The maximum Gasteiger partial charge on any atom is 0.225 e. The Morgan fingerprint density at radius 3 is 2.26 bits per heavy atom. The molecular formula is C22H21NO4. The second-order valence-electron chi connectivity index (χ2n) is 7.09. The van der Waals surface area contributed by atoms with Gasteiger partial charge in [-0.3, -0.25) is 9.59 Å². The molecule has 0 fully saturated rings. The number of Topliss-reactive ketones (excluding diaryl/α,β-unsaturated/α-hetero) is 1. The van der Waals surface area contributed by atoms with Gasteiger partial charge < -0.3 is 15.2 Å². The van der Waals surface area contributed by atoms with Gasteiger partial charge in [0.1, 0.15) is 11.5 Å². The SMILES string of the molecule is COc1ccc([C@H]2CC(=O)C3=C(C2)NC(=O)C[C@H]3c2ccc(O)cc2)cc1. The highest BCUT2D eigenvalue weighted by molar-refractivity contribution is 6.02. The second-order valence-corrected chi connectivity index (χ2v) is 7.09. The summed E-state index contributed by atoms with van der Waals surface area (Å²) in [4.78, 5) is 25.3. The van der Waals surface area contributed by atoms with Crippen LogP contribution in [0.25, 0.3) is 0 Å². The molecule has 5 heteroatoms. The first-order chi connectivity index (χ1) is 13.0. The second kappa shape index (κ2) is 6.91. The molecule has 0 unspecified atom stereocenters. The topological polar surface area (TPSA) is 75.6 Å². The van der Waals surface area contributed by atoms with Crippen LogP contribution in [0, 0.1) is 0 Å². The average Bonchev–Trinajstić information content (AvgIpc) is 2.67. The fourth-order valence-electron chi connectivity index (χ4n) is 4.06. The Balaban J connectivity index is 1.67. The van der Waals surface area contributed by atoms with Crippen LogP contribution in [0.5, 0.6) is 11.5 Å². The monoisotopic (exact) mass is 363 g/mol. The van der Waals surface area contributed by atoms with Crippen LogP contribution >= 0.6 is 0 Å². The van der Waals surface area contributed by atoms with Crippen LogP contribution in [-0.2, 0) is 9.59 Å². The minimum atomic E-state index is -0.251. The molecule has 1 heterocycles. The van der Waals surface area contributed by atoms with Crippen LogP contribution in [0.4, 0.5) is 0 Å². The number of amides is 1. The first kappa shape index (κ1) is 17.3. The van der Waals surface area contributed by atoms with Gasteiger partial charge in [-0.2, -0.15) is 0 Å². The number of hydrogen-bond donors (Lipinski definition) is 2. The van der Waals surface area contributed by atoms with E-state index in [0.29, 0.717) is 18.4 Å². The zero-order valence-electron chi connectivity index (χ0n) is 15.1. The molecule has 1 aliphatic heterocycles. The Morgan fingerprint density at radius 1 is 0.926 bits per heavy atom. The number of hydrogen-bond acceptors (Lipinski definition) is 4. The van der Waals surface area contributed by atoms with E-state index in [-0.39, 0.29) is 35.7 Å². The van der Waals surface area contributed by atoms with Gasteiger partial charge in [-0.05, 0) is 47.7 Å². The van der Waals surface area contributed by atoms with Crippen LogP contribution in [0.3, 0.4) is 0 Å².